The Bertz CT molecular complexity index is 405. The standard InChI is InChI=1S/C17H25NOS2/c19-17(11-5-4-10-16-12-14-20-21-16)18-13-6-9-15-7-2-1-3-8-15/h1-3,7-8,16H,4-6,9-14H2,(H,18,19)/t16-/m1/s1. The molecule has 1 heterocycles. The van der Waals surface area contributed by atoms with Crippen molar-refractivity contribution in [3.8, 4) is 0 Å². The summed E-state index contributed by atoms with van der Waals surface area (Å²) in [6, 6.07) is 10.4. The first-order valence-corrected chi connectivity index (χ1v) is 10.3. The lowest BCUT2D eigenvalue weighted by Gasteiger charge is -2.07. The fourth-order valence-corrected chi connectivity index (χ4v) is 5.50. The highest BCUT2D eigenvalue weighted by Gasteiger charge is 2.15. The number of unbranched alkanes of at least 4 members (excludes halogenated alkanes) is 1. The number of hydrogen-bond donors (Lipinski definition) is 1. The molecule has 1 amide bonds. The summed E-state index contributed by atoms with van der Waals surface area (Å²) >= 11 is 0. The lowest BCUT2D eigenvalue weighted by atomic mass is 10.1. The fraction of sp³-hybridized carbons (Fsp3) is 0.588. The second-order valence-corrected chi connectivity index (χ2v) is 8.30. The highest BCUT2D eigenvalue weighted by molar-refractivity contribution is 8.77. The van der Waals surface area contributed by atoms with Gasteiger partial charge < -0.3 is 5.32 Å². The first-order chi connectivity index (χ1) is 10.3. The third-order valence-electron chi connectivity index (χ3n) is 3.71. The van der Waals surface area contributed by atoms with Crippen molar-refractivity contribution in [1.82, 2.24) is 5.32 Å². The van der Waals surface area contributed by atoms with Gasteiger partial charge in [-0.1, -0.05) is 58.3 Å². The zero-order valence-electron chi connectivity index (χ0n) is 12.6. The minimum Gasteiger partial charge on any atom is -0.356 e. The highest BCUT2D eigenvalue weighted by atomic mass is 33.1. The first-order valence-electron chi connectivity index (χ1n) is 7.93. The first kappa shape index (κ1) is 16.8. The predicted octanol–water partition coefficient (Wildman–Crippen LogP) is 4.45. The molecule has 0 saturated carbocycles. The van der Waals surface area contributed by atoms with Gasteiger partial charge in [-0.25, -0.2) is 0 Å². The quantitative estimate of drug-likeness (QED) is 0.538. The van der Waals surface area contributed by atoms with Crippen LogP contribution in [0.5, 0.6) is 0 Å². The molecule has 0 bridgehead atoms. The number of aryl methyl sites for hydroxylation is 1. The van der Waals surface area contributed by atoms with Crippen molar-refractivity contribution in [2.45, 2.75) is 50.2 Å². The molecule has 1 aliphatic heterocycles. The van der Waals surface area contributed by atoms with Crippen molar-refractivity contribution in [2.75, 3.05) is 12.3 Å². The summed E-state index contributed by atoms with van der Waals surface area (Å²) in [6.07, 6.45) is 7.60. The molecule has 0 radical (unpaired) electrons. The van der Waals surface area contributed by atoms with Crippen molar-refractivity contribution in [3.63, 3.8) is 0 Å². The van der Waals surface area contributed by atoms with Crippen LogP contribution in [0.4, 0.5) is 0 Å². The van der Waals surface area contributed by atoms with Crippen LogP contribution in [0, 0.1) is 0 Å². The maximum atomic E-state index is 11.7. The highest BCUT2D eigenvalue weighted by Crippen LogP contribution is 2.39. The molecule has 1 aromatic carbocycles. The third kappa shape index (κ3) is 7.28. The topological polar surface area (TPSA) is 29.1 Å². The van der Waals surface area contributed by atoms with Gasteiger partial charge in [-0.3, -0.25) is 4.79 Å². The van der Waals surface area contributed by atoms with Crippen molar-refractivity contribution in [2.24, 2.45) is 0 Å². The Morgan fingerprint density at radius 1 is 1.19 bits per heavy atom. The van der Waals surface area contributed by atoms with Crippen LogP contribution in [0.2, 0.25) is 0 Å². The Morgan fingerprint density at radius 2 is 2.05 bits per heavy atom. The van der Waals surface area contributed by atoms with E-state index in [0.29, 0.717) is 6.42 Å². The Hall–Kier alpha value is -0.610. The van der Waals surface area contributed by atoms with Gasteiger partial charge in [0.05, 0.1) is 0 Å². The van der Waals surface area contributed by atoms with Crippen molar-refractivity contribution in [1.29, 1.82) is 0 Å². The molecule has 0 aliphatic carbocycles. The molecular formula is C17H25NOS2. The van der Waals surface area contributed by atoms with E-state index in [0.717, 1.165) is 31.1 Å². The molecule has 1 aliphatic rings. The number of carbonyl (C=O) groups excluding carboxylic acids is 1. The van der Waals surface area contributed by atoms with Crippen LogP contribution in [0.3, 0.4) is 0 Å². The van der Waals surface area contributed by atoms with Gasteiger partial charge in [-0.2, -0.15) is 0 Å². The number of amides is 1. The minimum atomic E-state index is 0.219. The van der Waals surface area contributed by atoms with Crippen LogP contribution in [-0.2, 0) is 11.2 Å². The molecule has 21 heavy (non-hydrogen) atoms. The summed E-state index contributed by atoms with van der Waals surface area (Å²) in [6.45, 7) is 0.794. The summed E-state index contributed by atoms with van der Waals surface area (Å²) in [5.74, 6) is 1.52. The molecule has 2 nitrogen and oxygen atoms in total. The second kappa shape index (κ2) is 10.2. The van der Waals surface area contributed by atoms with Gasteiger partial charge in [-0.05, 0) is 37.7 Å². The van der Waals surface area contributed by atoms with E-state index in [1.165, 1.54) is 30.6 Å². The molecule has 4 heteroatoms. The average molecular weight is 324 g/mol. The molecule has 1 N–H and O–H groups in total. The average Bonchev–Trinajstić information content (AvgIpc) is 3.02. The van der Waals surface area contributed by atoms with Crippen molar-refractivity contribution in [3.05, 3.63) is 35.9 Å². The fourth-order valence-electron chi connectivity index (χ4n) is 2.48. The van der Waals surface area contributed by atoms with Gasteiger partial charge in [-0.15, -0.1) is 0 Å². The molecule has 1 atom stereocenters. The number of benzene rings is 1. The minimum absolute atomic E-state index is 0.219. The lowest BCUT2D eigenvalue weighted by molar-refractivity contribution is -0.121. The second-order valence-electron chi connectivity index (χ2n) is 5.51. The van der Waals surface area contributed by atoms with Crippen LogP contribution >= 0.6 is 21.6 Å². The van der Waals surface area contributed by atoms with Gasteiger partial charge in [0.25, 0.3) is 0 Å². The van der Waals surface area contributed by atoms with Gasteiger partial charge >= 0.3 is 0 Å². The maximum absolute atomic E-state index is 11.7. The number of rotatable bonds is 9. The van der Waals surface area contributed by atoms with E-state index in [4.69, 9.17) is 0 Å². The Morgan fingerprint density at radius 3 is 2.81 bits per heavy atom. The summed E-state index contributed by atoms with van der Waals surface area (Å²) < 4.78 is 0. The number of carbonyl (C=O) groups is 1. The maximum Gasteiger partial charge on any atom is 0.219 e. The van der Waals surface area contributed by atoms with Gasteiger partial charge in [0.2, 0.25) is 5.91 Å². The largest absolute Gasteiger partial charge is 0.356 e. The summed E-state index contributed by atoms with van der Waals surface area (Å²) in [5.41, 5.74) is 1.35. The van der Waals surface area contributed by atoms with Gasteiger partial charge in [0.15, 0.2) is 0 Å². The summed E-state index contributed by atoms with van der Waals surface area (Å²) in [4.78, 5) is 11.7. The van der Waals surface area contributed by atoms with Crippen LogP contribution in [0.25, 0.3) is 0 Å². The van der Waals surface area contributed by atoms with Crippen LogP contribution in [0.15, 0.2) is 30.3 Å². The zero-order valence-corrected chi connectivity index (χ0v) is 14.2. The molecule has 116 valence electrons. The molecule has 2 rings (SSSR count). The van der Waals surface area contributed by atoms with E-state index in [2.05, 4.69) is 29.6 Å². The van der Waals surface area contributed by atoms with Crippen molar-refractivity contribution < 1.29 is 4.79 Å². The molecule has 0 aromatic heterocycles. The van der Waals surface area contributed by atoms with Crippen LogP contribution in [-0.4, -0.2) is 23.5 Å². The van der Waals surface area contributed by atoms with Crippen LogP contribution in [0.1, 0.15) is 44.1 Å². The van der Waals surface area contributed by atoms with E-state index in [9.17, 15) is 4.79 Å². The van der Waals surface area contributed by atoms with Crippen LogP contribution < -0.4 is 5.32 Å². The number of nitrogens with one attached hydrogen (secondary N) is 1. The smallest absolute Gasteiger partial charge is 0.219 e. The van der Waals surface area contributed by atoms with Crippen molar-refractivity contribution >= 4 is 27.5 Å². The molecular weight excluding hydrogens is 298 g/mol. The van der Waals surface area contributed by atoms with Gasteiger partial charge in [0, 0.05) is 24.0 Å². The Kier molecular flexibility index (Phi) is 8.12. The Balaban J connectivity index is 1.44. The molecule has 1 fully saturated rings. The van der Waals surface area contributed by atoms with E-state index in [1.54, 1.807) is 0 Å². The van der Waals surface area contributed by atoms with E-state index in [-0.39, 0.29) is 5.91 Å². The summed E-state index contributed by atoms with van der Waals surface area (Å²) in [7, 11) is 4.03. The van der Waals surface area contributed by atoms with E-state index < -0.39 is 0 Å². The zero-order chi connectivity index (χ0) is 14.8. The normalized spacial score (nSPS) is 17.8. The molecule has 1 aromatic rings. The summed E-state index contributed by atoms with van der Waals surface area (Å²) in [5, 5.41) is 3.87. The van der Waals surface area contributed by atoms with E-state index >= 15 is 0 Å². The van der Waals surface area contributed by atoms with Gasteiger partial charge in [0.1, 0.15) is 0 Å². The molecule has 0 unspecified atom stereocenters. The SMILES string of the molecule is O=C(CCCC[C@@H]1CCSS1)NCCCc1ccccc1. The monoisotopic (exact) mass is 323 g/mol. The molecule has 1 saturated heterocycles. The Labute approximate surface area is 136 Å². The predicted molar refractivity (Wildman–Crippen MR) is 94.7 cm³/mol. The lowest BCUT2D eigenvalue weighted by Crippen LogP contribution is -2.24. The van der Waals surface area contributed by atoms with E-state index in [1.807, 2.05) is 27.7 Å². The number of hydrogen-bond acceptors (Lipinski definition) is 3. The molecule has 0 spiro atoms. The third-order valence-corrected chi connectivity index (χ3v) is 6.72.